The molecule has 0 N–H and O–H groups in total. The van der Waals surface area contributed by atoms with Crippen LogP contribution in [0.5, 0.6) is 0 Å². The summed E-state index contributed by atoms with van der Waals surface area (Å²) < 4.78 is 8.81. The first-order valence-electron chi connectivity index (χ1n) is 22.2. The molecule has 304 valence electrons. The molecular weight excluding hydrogens is 789 g/mol. The van der Waals surface area contributed by atoms with Gasteiger partial charge in [-0.2, -0.15) is 0 Å². The lowest BCUT2D eigenvalue weighted by atomic mass is 9.93. The molecule has 2 aromatic heterocycles. The van der Waals surface area contributed by atoms with Gasteiger partial charge in [0.2, 0.25) is 0 Å². The number of nitrogens with zero attached hydrogens (tertiary/aromatic N) is 2. The third-order valence-corrected chi connectivity index (χ3v) is 13.2. The summed E-state index contributed by atoms with van der Waals surface area (Å²) in [6.07, 6.45) is 0. The Balaban J connectivity index is 0.982. The fourth-order valence-electron chi connectivity index (χ4n) is 10.3. The van der Waals surface area contributed by atoms with Gasteiger partial charge in [0.15, 0.2) is 0 Å². The van der Waals surface area contributed by atoms with E-state index in [1.54, 1.807) is 0 Å². The lowest BCUT2D eigenvalue weighted by Crippen LogP contribution is -2.11. The fourth-order valence-corrected chi connectivity index (χ4v) is 10.3. The van der Waals surface area contributed by atoms with Crippen molar-refractivity contribution in [3.8, 4) is 39.1 Å². The topological polar surface area (TPSA) is 21.3 Å². The zero-order valence-corrected chi connectivity index (χ0v) is 35.4. The van der Waals surface area contributed by atoms with Crippen LogP contribution in [0.15, 0.2) is 247 Å². The molecule has 0 saturated carbocycles. The molecule has 0 aliphatic carbocycles. The Hall–Kier alpha value is -8.66. The first-order chi connectivity index (χ1) is 32.2. The number of aromatic nitrogens is 1. The van der Waals surface area contributed by atoms with Crippen LogP contribution in [0.25, 0.3) is 104 Å². The SMILES string of the molecule is c1cc(-c2cc3ccccc3c3ccccc23)cc(N(c2ccc(-c3cccc(-n4c5ccccc5c5ccccc54)c3)cc2)c2ccccc2-c2cccc3oc4ccccc4c23)c1. The quantitative estimate of drug-likeness (QED) is 0.149. The van der Waals surface area contributed by atoms with Crippen LogP contribution in [0.1, 0.15) is 0 Å². The van der Waals surface area contributed by atoms with Gasteiger partial charge in [0.05, 0.1) is 16.7 Å². The Morgan fingerprint density at radius 2 is 0.923 bits per heavy atom. The zero-order chi connectivity index (χ0) is 42.8. The molecule has 11 aromatic carbocycles. The number of hydrogen-bond donors (Lipinski definition) is 0. The van der Waals surface area contributed by atoms with Crippen LogP contribution in [0.2, 0.25) is 0 Å². The van der Waals surface area contributed by atoms with Crippen molar-refractivity contribution in [3.63, 3.8) is 0 Å². The molecule has 0 amide bonds. The van der Waals surface area contributed by atoms with Gasteiger partial charge in [-0.25, -0.2) is 0 Å². The highest BCUT2D eigenvalue weighted by molar-refractivity contribution is 6.15. The summed E-state index contributed by atoms with van der Waals surface area (Å²) in [5, 5.41) is 9.73. The van der Waals surface area contributed by atoms with E-state index in [0.29, 0.717) is 0 Å². The highest BCUT2D eigenvalue weighted by atomic mass is 16.3. The molecule has 65 heavy (non-hydrogen) atoms. The maximum Gasteiger partial charge on any atom is 0.136 e. The monoisotopic (exact) mass is 828 g/mol. The van der Waals surface area contributed by atoms with E-state index >= 15 is 0 Å². The van der Waals surface area contributed by atoms with E-state index < -0.39 is 0 Å². The highest BCUT2D eigenvalue weighted by Crippen LogP contribution is 2.46. The number of hydrogen-bond acceptors (Lipinski definition) is 2. The second-order valence-electron chi connectivity index (χ2n) is 16.8. The Labute approximate surface area is 376 Å². The lowest BCUT2D eigenvalue weighted by molar-refractivity contribution is 0.669. The third-order valence-electron chi connectivity index (χ3n) is 13.2. The van der Waals surface area contributed by atoms with Crippen molar-refractivity contribution >= 4 is 82.4 Å². The van der Waals surface area contributed by atoms with Crippen molar-refractivity contribution < 1.29 is 4.42 Å². The van der Waals surface area contributed by atoms with Crippen LogP contribution in [-0.4, -0.2) is 4.57 Å². The second-order valence-corrected chi connectivity index (χ2v) is 16.8. The molecule has 0 aliphatic heterocycles. The molecule has 0 spiro atoms. The molecule has 0 unspecified atom stereocenters. The molecule has 0 aliphatic rings. The van der Waals surface area contributed by atoms with Crippen LogP contribution >= 0.6 is 0 Å². The summed E-state index contributed by atoms with van der Waals surface area (Å²) in [7, 11) is 0. The van der Waals surface area contributed by atoms with Crippen molar-refractivity contribution in [3.05, 3.63) is 243 Å². The minimum absolute atomic E-state index is 0.878. The van der Waals surface area contributed by atoms with Crippen molar-refractivity contribution in [2.24, 2.45) is 0 Å². The van der Waals surface area contributed by atoms with Gasteiger partial charge in [-0.05, 0) is 122 Å². The van der Waals surface area contributed by atoms with E-state index in [1.807, 2.05) is 6.07 Å². The molecule has 3 heteroatoms. The number of para-hydroxylation sites is 4. The van der Waals surface area contributed by atoms with E-state index in [-0.39, 0.29) is 0 Å². The molecule has 3 nitrogen and oxygen atoms in total. The van der Waals surface area contributed by atoms with Gasteiger partial charge in [-0.3, -0.25) is 0 Å². The number of anilines is 3. The number of rotatable bonds is 7. The van der Waals surface area contributed by atoms with Gasteiger partial charge in [0.25, 0.3) is 0 Å². The second kappa shape index (κ2) is 15.0. The minimum atomic E-state index is 0.878. The van der Waals surface area contributed by atoms with Crippen LogP contribution < -0.4 is 4.90 Å². The van der Waals surface area contributed by atoms with Gasteiger partial charge in [0.1, 0.15) is 11.2 Å². The van der Waals surface area contributed by atoms with Gasteiger partial charge in [0, 0.05) is 44.2 Å². The summed E-state index contributed by atoms with van der Waals surface area (Å²) in [6.45, 7) is 0. The molecule has 0 fully saturated rings. The van der Waals surface area contributed by atoms with Crippen LogP contribution in [0, 0.1) is 0 Å². The maximum atomic E-state index is 6.43. The van der Waals surface area contributed by atoms with Gasteiger partial charge in [-0.15, -0.1) is 0 Å². The van der Waals surface area contributed by atoms with E-state index in [9.17, 15) is 0 Å². The number of fused-ring (bicyclic) bond motifs is 9. The first-order valence-corrected chi connectivity index (χ1v) is 22.2. The molecule has 0 atom stereocenters. The molecule has 13 aromatic rings. The summed E-state index contributed by atoms with van der Waals surface area (Å²) in [6, 6.07) is 87.8. The fraction of sp³-hybridized carbons (Fsp3) is 0. The summed E-state index contributed by atoms with van der Waals surface area (Å²) >= 11 is 0. The number of furan rings is 1. The van der Waals surface area contributed by atoms with E-state index in [2.05, 4.69) is 246 Å². The van der Waals surface area contributed by atoms with Crippen molar-refractivity contribution in [2.45, 2.75) is 0 Å². The van der Waals surface area contributed by atoms with E-state index in [0.717, 1.165) is 72.5 Å². The Bertz CT molecular complexity index is 3910. The van der Waals surface area contributed by atoms with Crippen molar-refractivity contribution in [2.75, 3.05) is 4.90 Å². The molecule has 0 bridgehead atoms. The standard InChI is InChI=1S/C62H40N2O/c1-2-21-48-44(16-1)40-56(50-23-4-3-22-49(48)50)43-18-14-19-46(39-43)63(57-29-9-7-26-53(57)54-28-15-33-61-62(54)55-27-8-12-32-60(55)65-61)45-36-34-41(35-37-45)42-17-13-20-47(38-42)64-58-30-10-5-24-51(58)52-25-6-11-31-59(52)64/h1-40H. The predicted octanol–water partition coefficient (Wildman–Crippen LogP) is 17.5. The van der Waals surface area contributed by atoms with Crippen molar-refractivity contribution in [1.29, 1.82) is 0 Å². The average Bonchev–Trinajstić information content (AvgIpc) is 3.93. The normalized spacial score (nSPS) is 11.7. The Morgan fingerprint density at radius 1 is 0.323 bits per heavy atom. The van der Waals surface area contributed by atoms with Gasteiger partial charge >= 0.3 is 0 Å². The largest absolute Gasteiger partial charge is 0.456 e. The summed E-state index contributed by atoms with van der Waals surface area (Å²) in [5.74, 6) is 0. The van der Waals surface area contributed by atoms with Gasteiger partial charge in [-0.1, -0.05) is 170 Å². The van der Waals surface area contributed by atoms with Crippen molar-refractivity contribution in [1.82, 2.24) is 4.57 Å². The van der Waals surface area contributed by atoms with E-state index in [4.69, 9.17) is 4.42 Å². The van der Waals surface area contributed by atoms with Crippen LogP contribution in [0.4, 0.5) is 17.1 Å². The molecular formula is C62H40N2O. The highest BCUT2D eigenvalue weighted by Gasteiger charge is 2.22. The predicted molar refractivity (Wildman–Crippen MR) is 274 cm³/mol. The van der Waals surface area contributed by atoms with E-state index in [1.165, 1.54) is 48.9 Å². The third kappa shape index (κ3) is 6.05. The Morgan fingerprint density at radius 3 is 1.74 bits per heavy atom. The minimum Gasteiger partial charge on any atom is -0.456 e. The summed E-state index contributed by atoms with van der Waals surface area (Å²) in [4.78, 5) is 2.42. The lowest BCUT2D eigenvalue weighted by Gasteiger charge is -2.29. The molecule has 0 radical (unpaired) electrons. The average molecular weight is 829 g/mol. The maximum absolute atomic E-state index is 6.43. The molecule has 2 heterocycles. The van der Waals surface area contributed by atoms with Crippen LogP contribution in [-0.2, 0) is 0 Å². The van der Waals surface area contributed by atoms with Crippen LogP contribution in [0.3, 0.4) is 0 Å². The number of benzene rings is 11. The Kier molecular flexibility index (Phi) is 8.53. The smallest absolute Gasteiger partial charge is 0.136 e. The molecule has 0 saturated heterocycles. The molecule has 13 rings (SSSR count). The van der Waals surface area contributed by atoms with Gasteiger partial charge < -0.3 is 13.9 Å². The zero-order valence-electron chi connectivity index (χ0n) is 35.4. The first kappa shape index (κ1) is 36.9. The summed E-state index contributed by atoms with van der Waals surface area (Å²) in [5.41, 5.74) is 15.4.